The maximum atomic E-state index is 13.0. The van der Waals surface area contributed by atoms with Crippen LogP contribution in [0.4, 0.5) is 5.69 Å². The predicted molar refractivity (Wildman–Crippen MR) is 120 cm³/mol. The quantitative estimate of drug-likeness (QED) is 0.654. The summed E-state index contributed by atoms with van der Waals surface area (Å²) >= 11 is 0. The van der Waals surface area contributed by atoms with Crippen molar-refractivity contribution in [3.05, 3.63) is 71.7 Å². The summed E-state index contributed by atoms with van der Waals surface area (Å²) in [4.78, 5) is 17.6. The number of aromatic nitrogens is 2. The molecule has 0 bridgehead atoms. The summed E-state index contributed by atoms with van der Waals surface area (Å²) in [6.07, 6.45) is 4.52. The van der Waals surface area contributed by atoms with Gasteiger partial charge in [0.2, 0.25) is 10.0 Å². The molecule has 1 amide bonds. The number of nitrogens with zero attached hydrogens (tertiary/aromatic N) is 3. The van der Waals surface area contributed by atoms with Gasteiger partial charge in [-0.3, -0.25) is 4.79 Å². The Morgan fingerprint density at radius 2 is 1.77 bits per heavy atom. The van der Waals surface area contributed by atoms with E-state index in [1.54, 1.807) is 24.4 Å². The molecule has 3 aromatic rings. The van der Waals surface area contributed by atoms with Crippen LogP contribution < -0.4 is 5.32 Å². The Hall–Kier alpha value is -2.97. The highest BCUT2D eigenvalue weighted by atomic mass is 32.2. The van der Waals surface area contributed by atoms with Gasteiger partial charge in [0.15, 0.2) is 0 Å². The molecular weight excluding hydrogens is 412 g/mol. The van der Waals surface area contributed by atoms with Crippen LogP contribution in [0.15, 0.2) is 59.6 Å². The van der Waals surface area contributed by atoms with Gasteiger partial charge in [-0.25, -0.2) is 13.4 Å². The summed E-state index contributed by atoms with van der Waals surface area (Å²) in [5.41, 5.74) is 2.63. The van der Waals surface area contributed by atoms with Crippen molar-refractivity contribution in [3.63, 3.8) is 0 Å². The summed E-state index contributed by atoms with van der Waals surface area (Å²) in [6.45, 7) is 4.87. The van der Waals surface area contributed by atoms with Crippen LogP contribution in [0.3, 0.4) is 0 Å². The number of rotatable bonds is 5. The van der Waals surface area contributed by atoms with Gasteiger partial charge in [0.25, 0.3) is 5.91 Å². The van der Waals surface area contributed by atoms with Crippen molar-refractivity contribution in [2.75, 3.05) is 18.4 Å². The second-order valence-corrected chi connectivity index (χ2v) is 9.69. The van der Waals surface area contributed by atoms with Gasteiger partial charge in [-0.05, 0) is 63.1 Å². The zero-order valence-corrected chi connectivity index (χ0v) is 18.5. The molecule has 2 aromatic heterocycles. The van der Waals surface area contributed by atoms with Crippen molar-refractivity contribution in [3.8, 4) is 5.82 Å². The molecule has 0 saturated carbocycles. The zero-order chi connectivity index (χ0) is 22.0. The third kappa shape index (κ3) is 4.26. The van der Waals surface area contributed by atoms with E-state index in [9.17, 15) is 13.2 Å². The first-order valence-corrected chi connectivity index (χ1v) is 11.8. The van der Waals surface area contributed by atoms with Crippen molar-refractivity contribution >= 4 is 21.6 Å². The van der Waals surface area contributed by atoms with Gasteiger partial charge < -0.3 is 9.88 Å². The molecule has 0 unspecified atom stereocenters. The maximum absolute atomic E-state index is 13.0. The van der Waals surface area contributed by atoms with E-state index in [1.165, 1.54) is 10.4 Å². The summed E-state index contributed by atoms with van der Waals surface area (Å²) < 4.78 is 29.4. The molecule has 0 aliphatic carbocycles. The standard InChI is InChI=1S/C23H26N4O3S/c1-17-15-21(18(2)27(17)22-11-4-5-12-24-22)23(28)25-19-9-8-10-20(16-19)31(29,30)26-13-6-3-7-14-26/h4-5,8-12,15-16H,3,6-7,13-14H2,1-2H3,(H,25,28). The smallest absolute Gasteiger partial charge is 0.257 e. The van der Waals surface area contributed by atoms with Gasteiger partial charge in [0.1, 0.15) is 5.82 Å². The van der Waals surface area contributed by atoms with Crippen LogP contribution in [0, 0.1) is 13.8 Å². The third-order valence-electron chi connectivity index (χ3n) is 5.60. The minimum atomic E-state index is -3.56. The van der Waals surface area contributed by atoms with E-state index in [0.717, 1.165) is 36.5 Å². The fourth-order valence-corrected chi connectivity index (χ4v) is 5.58. The van der Waals surface area contributed by atoms with Crippen LogP contribution in [-0.2, 0) is 10.0 Å². The van der Waals surface area contributed by atoms with E-state index < -0.39 is 10.0 Å². The molecule has 0 spiro atoms. The number of hydrogen-bond acceptors (Lipinski definition) is 4. The van der Waals surface area contributed by atoms with E-state index in [-0.39, 0.29) is 10.8 Å². The van der Waals surface area contributed by atoms with E-state index >= 15 is 0 Å². The molecule has 1 saturated heterocycles. The van der Waals surface area contributed by atoms with Crippen LogP contribution in [-0.4, -0.2) is 41.3 Å². The number of nitrogens with one attached hydrogen (secondary N) is 1. The molecule has 0 radical (unpaired) electrons. The molecule has 4 rings (SSSR count). The average Bonchev–Trinajstić information content (AvgIpc) is 3.09. The highest BCUT2D eigenvalue weighted by Gasteiger charge is 2.26. The monoisotopic (exact) mass is 438 g/mol. The summed E-state index contributed by atoms with van der Waals surface area (Å²) in [6, 6.07) is 13.9. The van der Waals surface area contributed by atoms with E-state index in [0.29, 0.717) is 24.3 Å². The number of anilines is 1. The maximum Gasteiger partial charge on any atom is 0.257 e. The first-order valence-electron chi connectivity index (χ1n) is 10.4. The minimum Gasteiger partial charge on any atom is -0.322 e. The lowest BCUT2D eigenvalue weighted by Gasteiger charge is -2.26. The molecular formula is C23H26N4O3S. The van der Waals surface area contributed by atoms with Gasteiger partial charge in [-0.2, -0.15) is 4.31 Å². The van der Waals surface area contributed by atoms with Crippen molar-refractivity contribution in [2.24, 2.45) is 0 Å². The fraction of sp³-hybridized carbons (Fsp3) is 0.304. The van der Waals surface area contributed by atoms with Crippen LogP contribution in [0.25, 0.3) is 5.82 Å². The molecule has 31 heavy (non-hydrogen) atoms. The molecule has 1 aromatic carbocycles. The average molecular weight is 439 g/mol. The van der Waals surface area contributed by atoms with Gasteiger partial charge in [-0.1, -0.05) is 18.6 Å². The van der Waals surface area contributed by atoms with Gasteiger partial charge >= 0.3 is 0 Å². The van der Waals surface area contributed by atoms with Gasteiger partial charge in [0, 0.05) is 36.4 Å². The van der Waals surface area contributed by atoms with Crippen molar-refractivity contribution in [1.82, 2.24) is 13.9 Å². The number of carbonyl (C=O) groups excluding carboxylic acids is 1. The molecule has 1 fully saturated rings. The Labute approximate surface area is 182 Å². The second-order valence-electron chi connectivity index (χ2n) is 7.75. The zero-order valence-electron chi connectivity index (χ0n) is 17.7. The number of benzene rings is 1. The van der Waals surface area contributed by atoms with E-state index in [4.69, 9.17) is 0 Å². The number of pyridine rings is 1. The number of carbonyl (C=O) groups is 1. The third-order valence-corrected chi connectivity index (χ3v) is 7.49. The number of hydrogen-bond donors (Lipinski definition) is 1. The molecule has 1 aliphatic rings. The topological polar surface area (TPSA) is 84.3 Å². The Morgan fingerprint density at radius 3 is 2.48 bits per heavy atom. The van der Waals surface area contributed by atoms with Crippen LogP contribution in [0.5, 0.6) is 0 Å². The highest BCUT2D eigenvalue weighted by Crippen LogP contribution is 2.24. The van der Waals surface area contributed by atoms with E-state index in [1.807, 2.05) is 42.7 Å². The number of piperidine rings is 1. The SMILES string of the molecule is Cc1cc(C(=O)Nc2cccc(S(=O)(=O)N3CCCCC3)c2)c(C)n1-c1ccccn1. The Balaban J connectivity index is 1.58. The number of aryl methyl sites for hydroxylation is 1. The highest BCUT2D eigenvalue weighted by molar-refractivity contribution is 7.89. The predicted octanol–water partition coefficient (Wildman–Crippen LogP) is 3.92. The normalized spacial score (nSPS) is 15.0. The molecule has 1 aliphatic heterocycles. The Kier molecular flexibility index (Phi) is 5.93. The van der Waals surface area contributed by atoms with Crippen LogP contribution in [0.2, 0.25) is 0 Å². The molecule has 162 valence electrons. The summed E-state index contributed by atoms with van der Waals surface area (Å²) in [5, 5.41) is 2.85. The number of sulfonamides is 1. The van der Waals surface area contributed by atoms with Crippen molar-refractivity contribution < 1.29 is 13.2 Å². The molecule has 8 heteroatoms. The summed E-state index contributed by atoms with van der Waals surface area (Å²) in [5.74, 6) is 0.453. The largest absolute Gasteiger partial charge is 0.322 e. The lowest BCUT2D eigenvalue weighted by Crippen LogP contribution is -2.35. The first-order chi connectivity index (χ1) is 14.9. The minimum absolute atomic E-state index is 0.200. The van der Waals surface area contributed by atoms with Crippen LogP contribution >= 0.6 is 0 Å². The molecule has 0 atom stereocenters. The fourth-order valence-electron chi connectivity index (χ4n) is 4.02. The number of amides is 1. The van der Waals surface area contributed by atoms with Gasteiger partial charge in [-0.15, -0.1) is 0 Å². The molecule has 1 N–H and O–H groups in total. The van der Waals surface area contributed by atoms with Crippen molar-refractivity contribution in [2.45, 2.75) is 38.0 Å². The Bertz CT molecular complexity index is 1200. The first kappa shape index (κ1) is 21.3. The van der Waals surface area contributed by atoms with E-state index in [2.05, 4.69) is 10.3 Å². The summed E-state index contributed by atoms with van der Waals surface area (Å²) in [7, 11) is -3.56. The molecule has 7 nitrogen and oxygen atoms in total. The Morgan fingerprint density at radius 1 is 1.00 bits per heavy atom. The van der Waals surface area contributed by atoms with Gasteiger partial charge in [0.05, 0.1) is 10.5 Å². The lowest BCUT2D eigenvalue weighted by atomic mass is 10.2. The van der Waals surface area contributed by atoms with Crippen molar-refractivity contribution in [1.29, 1.82) is 0 Å². The lowest BCUT2D eigenvalue weighted by molar-refractivity contribution is 0.102. The second kappa shape index (κ2) is 8.64. The molecule has 3 heterocycles. The van der Waals surface area contributed by atoms with Crippen LogP contribution in [0.1, 0.15) is 41.0 Å².